The number of carbonyl (C=O) groups excluding carboxylic acids is 1. The number of thiophene rings is 1. The van der Waals surface area contributed by atoms with Crippen LogP contribution in [-0.4, -0.2) is 51.2 Å². The fraction of sp³-hybridized carbons (Fsp3) is 0.381. The van der Waals surface area contributed by atoms with Crippen LogP contribution in [0.3, 0.4) is 0 Å². The second kappa shape index (κ2) is 8.69. The second-order valence-corrected chi connectivity index (χ2v) is 10.2. The summed E-state index contributed by atoms with van der Waals surface area (Å²) >= 11 is 1.67. The molecule has 4 rings (SSSR count). The fourth-order valence-corrected chi connectivity index (χ4v) is 6.14. The van der Waals surface area contributed by atoms with Crippen molar-refractivity contribution in [3.05, 3.63) is 64.0 Å². The lowest BCUT2D eigenvalue weighted by Crippen LogP contribution is -2.38. The zero-order valence-electron chi connectivity index (χ0n) is 16.0. The summed E-state index contributed by atoms with van der Waals surface area (Å²) in [5.74, 6) is -0.707. The van der Waals surface area contributed by atoms with Crippen molar-refractivity contribution in [3.63, 3.8) is 0 Å². The van der Waals surface area contributed by atoms with Gasteiger partial charge in [-0.3, -0.25) is 9.69 Å². The molecule has 0 spiro atoms. The Bertz CT molecular complexity index is 979. The molecule has 1 aromatic carbocycles. The second-order valence-electron chi connectivity index (χ2n) is 7.18. The molecule has 1 aromatic heterocycles. The van der Waals surface area contributed by atoms with E-state index in [2.05, 4.69) is 16.3 Å². The van der Waals surface area contributed by atoms with E-state index in [-0.39, 0.29) is 29.1 Å². The largest absolute Gasteiger partial charge is 0.486 e. The molecular formula is C21H24N2O4S2. The molecule has 0 saturated carbocycles. The Hall–Kier alpha value is -2.16. The van der Waals surface area contributed by atoms with Crippen LogP contribution >= 0.6 is 11.3 Å². The molecule has 0 aliphatic carbocycles. The number of carbonyl (C=O) groups is 1. The van der Waals surface area contributed by atoms with Crippen LogP contribution in [0, 0.1) is 0 Å². The van der Waals surface area contributed by atoms with Crippen LogP contribution < -0.4 is 5.32 Å². The number of amides is 1. The van der Waals surface area contributed by atoms with Crippen molar-refractivity contribution in [1.82, 2.24) is 10.2 Å². The maximum absolute atomic E-state index is 13.0. The van der Waals surface area contributed by atoms with Gasteiger partial charge in [-0.1, -0.05) is 36.4 Å². The van der Waals surface area contributed by atoms with Gasteiger partial charge in [-0.25, -0.2) is 8.42 Å². The molecule has 3 heterocycles. The lowest BCUT2D eigenvalue weighted by atomic mass is 10.2. The zero-order chi connectivity index (χ0) is 20.3. The lowest BCUT2D eigenvalue weighted by Gasteiger charge is -2.27. The third-order valence-corrected chi connectivity index (χ3v) is 7.99. The van der Waals surface area contributed by atoms with E-state index < -0.39 is 15.7 Å². The molecule has 8 heteroatoms. The van der Waals surface area contributed by atoms with Gasteiger partial charge in [0.1, 0.15) is 11.5 Å². The Morgan fingerprint density at radius 2 is 1.90 bits per heavy atom. The highest BCUT2D eigenvalue weighted by atomic mass is 32.2. The number of hydrogen-bond donors (Lipinski definition) is 1. The van der Waals surface area contributed by atoms with E-state index in [0.29, 0.717) is 12.1 Å². The number of nitrogens with zero attached hydrogens (tertiary/aromatic N) is 1. The molecule has 1 saturated heterocycles. The van der Waals surface area contributed by atoms with Gasteiger partial charge in [0.25, 0.3) is 5.91 Å². The van der Waals surface area contributed by atoms with Crippen LogP contribution in [0.5, 0.6) is 0 Å². The van der Waals surface area contributed by atoms with Gasteiger partial charge in [0.05, 0.1) is 11.8 Å². The van der Waals surface area contributed by atoms with E-state index in [4.69, 9.17) is 4.74 Å². The number of nitrogens with one attached hydrogen (secondary N) is 1. The minimum Gasteiger partial charge on any atom is -0.486 e. The summed E-state index contributed by atoms with van der Waals surface area (Å²) in [4.78, 5) is 16.5. The molecule has 0 radical (unpaired) electrons. The monoisotopic (exact) mass is 432 g/mol. The van der Waals surface area contributed by atoms with Gasteiger partial charge in [-0.05, 0) is 42.9 Å². The molecule has 1 unspecified atom stereocenters. The normalized spacial score (nSPS) is 20.3. The van der Waals surface area contributed by atoms with Crippen LogP contribution in [0.4, 0.5) is 0 Å². The van der Waals surface area contributed by atoms with Crippen molar-refractivity contribution in [3.8, 4) is 0 Å². The van der Waals surface area contributed by atoms with Crippen molar-refractivity contribution in [2.45, 2.75) is 18.9 Å². The molecule has 1 fully saturated rings. The van der Waals surface area contributed by atoms with Crippen LogP contribution in [0.25, 0.3) is 4.91 Å². The number of rotatable bonds is 6. The minimum atomic E-state index is -3.58. The standard InChI is InChI=1S/C21H24N2O4S2/c24-21(22-15-17(18-9-6-13-28-18)23-10-4-5-11-23)19-20(16-7-2-1-3-8-16)29(25,26)14-12-27-19/h1-3,6-9,13,17H,4-5,10-12,14-15H2,(H,22,24). The number of sulfone groups is 1. The molecule has 6 nitrogen and oxygen atoms in total. The van der Waals surface area contributed by atoms with Crippen molar-refractivity contribution < 1.29 is 17.9 Å². The van der Waals surface area contributed by atoms with Crippen molar-refractivity contribution in [2.75, 3.05) is 32.0 Å². The molecule has 2 aliphatic rings. The molecule has 1 amide bonds. The predicted octanol–water partition coefficient (Wildman–Crippen LogP) is 2.82. The SMILES string of the molecule is O=C(NCC(c1cccs1)N1CCCC1)C1=C(c2ccccc2)S(=O)(=O)CCO1. The molecule has 29 heavy (non-hydrogen) atoms. The average molecular weight is 433 g/mol. The highest BCUT2D eigenvalue weighted by Gasteiger charge is 2.34. The van der Waals surface area contributed by atoms with E-state index in [1.165, 1.54) is 4.88 Å². The number of hydrogen-bond acceptors (Lipinski definition) is 6. The summed E-state index contributed by atoms with van der Waals surface area (Å²) < 4.78 is 31.0. The summed E-state index contributed by atoms with van der Waals surface area (Å²) in [7, 11) is -3.58. The maximum Gasteiger partial charge on any atom is 0.287 e. The maximum atomic E-state index is 13.0. The fourth-order valence-electron chi connectivity index (χ4n) is 3.84. The van der Waals surface area contributed by atoms with E-state index in [1.807, 2.05) is 17.5 Å². The molecule has 2 aromatic rings. The summed E-state index contributed by atoms with van der Waals surface area (Å²) in [6.07, 6.45) is 2.31. The first-order valence-corrected chi connectivity index (χ1v) is 12.3. The number of ether oxygens (including phenoxy) is 1. The summed E-state index contributed by atoms with van der Waals surface area (Å²) in [6.45, 7) is 2.40. The van der Waals surface area contributed by atoms with Gasteiger partial charge in [0.15, 0.2) is 9.84 Å². The Balaban J connectivity index is 1.59. The molecule has 2 aliphatic heterocycles. The molecule has 1 atom stereocenters. The van der Waals surface area contributed by atoms with Crippen LogP contribution in [0.15, 0.2) is 53.6 Å². The highest BCUT2D eigenvalue weighted by Crippen LogP contribution is 2.31. The summed E-state index contributed by atoms with van der Waals surface area (Å²) in [6, 6.07) is 12.9. The van der Waals surface area contributed by atoms with Gasteiger partial charge in [-0.2, -0.15) is 0 Å². The third kappa shape index (κ3) is 4.39. The van der Waals surface area contributed by atoms with Crippen molar-refractivity contribution >= 4 is 32.0 Å². The molecule has 0 bridgehead atoms. The van der Waals surface area contributed by atoms with Gasteiger partial charge >= 0.3 is 0 Å². The minimum absolute atomic E-state index is 0.0120. The van der Waals surface area contributed by atoms with Gasteiger partial charge < -0.3 is 10.1 Å². The lowest BCUT2D eigenvalue weighted by molar-refractivity contribution is -0.121. The van der Waals surface area contributed by atoms with E-state index in [0.717, 1.165) is 25.9 Å². The Morgan fingerprint density at radius 1 is 1.14 bits per heavy atom. The topological polar surface area (TPSA) is 75.7 Å². The van der Waals surface area contributed by atoms with Crippen LogP contribution in [0.1, 0.15) is 29.3 Å². The first-order chi connectivity index (χ1) is 14.1. The average Bonchev–Trinajstić information content (AvgIpc) is 3.42. The first-order valence-electron chi connectivity index (χ1n) is 9.77. The van der Waals surface area contributed by atoms with Gasteiger partial charge in [0, 0.05) is 11.4 Å². The molecule has 1 N–H and O–H groups in total. The van der Waals surface area contributed by atoms with Crippen molar-refractivity contribution in [2.24, 2.45) is 0 Å². The first kappa shape index (κ1) is 20.1. The van der Waals surface area contributed by atoms with E-state index in [9.17, 15) is 13.2 Å². The van der Waals surface area contributed by atoms with Crippen LogP contribution in [0.2, 0.25) is 0 Å². The summed E-state index contributed by atoms with van der Waals surface area (Å²) in [5.41, 5.74) is 0.478. The Morgan fingerprint density at radius 3 is 2.59 bits per heavy atom. The molecule has 154 valence electrons. The van der Waals surface area contributed by atoms with E-state index >= 15 is 0 Å². The van der Waals surface area contributed by atoms with Crippen molar-refractivity contribution in [1.29, 1.82) is 0 Å². The van der Waals surface area contributed by atoms with Crippen LogP contribution in [-0.2, 0) is 19.4 Å². The third-order valence-electron chi connectivity index (χ3n) is 5.27. The highest BCUT2D eigenvalue weighted by molar-refractivity contribution is 8.00. The smallest absolute Gasteiger partial charge is 0.287 e. The van der Waals surface area contributed by atoms with Gasteiger partial charge in [-0.15, -0.1) is 11.3 Å². The molecular weight excluding hydrogens is 408 g/mol. The quantitative estimate of drug-likeness (QED) is 0.760. The number of likely N-dealkylation sites (tertiary alicyclic amines) is 1. The number of benzene rings is 1. The Labute approximate surface area is 175 Å². The zero-order valence-corrected chi connectivity index (χ0v) is 17.7. The van der Waals surface area contributed by atoms with E-state index in [1.54, 1.807) is 35.6 Å². The van der Waals surface area contributed by atoms with Gasteiger partial charge in [0.2, 0.25) is 5.76 Å². The predicted molar refractivity (Wildman–Crippen MR) is 114 cm³/mol. The Kier molecular flexibility index (Phi) is 6.03. The summed E-state index contributed by atoms with van der Waals surface area (Å²) in [5, 5.41) is 4.97.